The van der Waals surface area contributed by atoms with Crippen LogP contribution in [-0.2, 0) is 0 Å². The Morgan fingerprint density at radius 3 is 2.28 bits per heavy atom. The van der Waals surface area contributed by atoms with Gasteiger partial charge in [-0.15, -0.1) is 0 Å². The minimum Gasteiger partial charge on any atom is -0.508 e. The van der Waals surface area contributed by atoms with Gasteiger partial charge in [-0.1, -0.05) is 32.9 Å². The first kappa shape index (κ1) is 16.3. The number of rotatable bonds is 1. The molecule has 2 aliphatic rings. The van der Waals surface area contributed by atoms with Crippen molar-refractivity contribution in [1.29, 1.82) is 0 Å². The number of aromatic hydroxyl groups is 2. The molecule has 3 heteroatoms. The normalized spacial score (nSPS) is 28.1. The summed E-state index contributed by atoms with van der Waals surface area (Å²) in [5, 5.41) is 19.6. The van der Waals surface area contributed by atoms with Gasteiger partial charge in [0.15, 0.2) is 0 Å². The van der Waals surface area contributed by atoms with Crippen LogP contribution in [0.4, 0.5) is 0 Å². The quantitative estimate of drug-likeness (QED) is 0.733. The maximum Gasteiger partial charge on any atom is 0.127 e. The van der Waals surface area contributed by atoms with Crippen molar-refractivity contribution in [2.75, 3.05) is 0 Å². The van der Waals surface area contributed by atoms with Crippen LogP contribution in [0.25, 0.3) is 0 Å². The van der Waals surface area contributed by atoms with E-state index >= 15 is 0 Å². The van der Waals surface area contributed by atoms with Crippen LogP contribution in [0.15, 0.2) is 42.5 Å². The predicted molar refractivity (Wildman–Crippen MR) is 98.0 cm³/mol. The van der Waals surface area contributed by atoms with Gasteiger partial charge in [0, 0.05) is 11.5 Å². The van der Waals surface area contributed by atoms with E-state index in [2.05, 4.69) is 20.8 Å². The summed E-state index contributed by atoms with van der Waals surface area (Å²) < 4.78 is 6.40. The maximum absolute atomic E-state index is 9.96. The highest BCUT2D eigenvalue weighted by Crippen LogP contribution is 2.59. The van der Waals surface area contributed by atoms with Crippen LogP contribution in [0.3, 0.4) is 0 Å². The molecular formula is C22H26O3. The molecule has 0 bridgehead atoms. The second-order valence-corrected chi connectivity index (χ2v) is 8.66. The first-order valence-electron chi connectivity index (χ1n) is 9.11. The lowest BCUT2D eigenvalue weighted by Crippen LogP contribution is -2.26. The van der Waals surface area contributed by atoms with E-state index in [0.29, 0.717) is 23.5 Å². The van der Waals surface area contributed by atoms with Gasteiger partial charge in [-0.05, 0) is 66.0 Å². The van der Waals surface area contributed by atoms with E-state index in [9.17, 15) is 10.2 Å². The first-order valence-corrected chi connectivity index (χ1v) is 9.11. The molecule has 1 fully saturated rings. The number of phenolic OH excluding ortho intramolecular Hbond substituents is 2. The first-order chi connectivity index (χ1) is 11.8. The fourth-order valence-corrected chi connectivity index (χ4v) is 4.61. The molecule has 2 aromatic rings. The van der Waals surface area contributed by atoms with Crippen molar-refractivity contribution in [2.45, 2.75) is 45.6 Å². The molecule has 1 saturated carbocycles. The van der Waals surface area contributed by atoms with Crippen molar-refractivity contribution < 1.29 is 14.9 Å². The average Bonchev–Trinajstić information content (AvgIpc) is 3.01. The molecule has 0 spiro atoms. The Hall–Kier alpha value is -2.16. The maximum atomic E-state index is 9.96. The van der Waals surface area contributed by atoms with Crippen LogP contribution < -0.4 is 4.74 Å². The molecule has 25 heavy (non-hydrogen) atoms. The number of hydrogen-bond acceptors (Lipinski definition) is 3. The van der Waals surface area contributed by atoms with E-state index in [0.717, 1.165) is 29.7 Å². The van der Waals surface area contributed by atoms with Crippen LogP contribution in [0.1, 0.15) is 56.8 Å². The molecule has 0 amide bonds. The zero-order valence-electron chi connectivity index (χ0n) is 15.1. The lowest BCUT2D eigenvalue weighted by Gasteiger charge is -2.36. The number of hydrogen-bond donors (Lipinski definition) is 2. The summed E-state index contributed by atoms with van der Waals surface area (Å²) in [6, 6.07) is 12.9. The fourth-order valence-electron chi connectivity index (χ4n) is 4.61. The summed E-state index contributed by atoms with van der Waals surface area (Å²) in [6.45, 7) is 6.94. The Morgan fingerprint density at radius 1 is 0.920 bits per heavy atom. The largest absolute Gasteiger partial charge is 0.508 e. The molecule has 4 rings (SSSR count). The van der Waals surface area contributed by atoms with E-state index in [4.69, 9.17) is 4.74 Å². The molecule has 1 heterocycles. The second kappa shape index (κ2) is 5.69. The predicted octanol–water partition coefficient (Wildman–Crippen LogP) is 5.39. The van der Waals surface area contributed by atoms with Gasteiger partial charge < -0.3 is 14.9 Å². The average molecular weight is 338 g/mol. The molecule has 1 aliphatic heterocycles. The van der Waals surface area contributed by atoms with Crippen molar-refractivity contribution in [3.8, 4) is 17.2 Å². The third-order valence-electron chi connectivity index (χ3n) is 6.09. The van der Waals surface area contributed by atoms with Gasteiger partial charge in [0.25, 0.3) is 0 Å². The van der Waals surface area contributed by atoms with Crippen LogP contribution >= 0.6 is 0 Å². The van der Waals surface area contributed by atoms with E-state index in [1.54, 1.807) is 18.2 Å². The van der Waals surface area contributed by atoms with Gasteiger partial charge in [0.1, 0.15) is 23.4 Å². The lowest BCUT2D eigenvalue weighted by atomic mass is 9.79. The summed E-state index contributed by atoms with van der Waals surface area (Å²) >= 11 is 0. The van der Waals surface area contributed by atoms with Gasteiger partial charge in [-0.2, -0.15) is 0 Å². The molecule has 132 valence electrons. The highest BCUT2D eigenvalue weighted by atomic mass is 16.5. The highest BCUT2D eigenvalue weighted by molar-refractivity contribution is 5.46. The van der Waals surface area contributed by atoms with Crippen molar-refractivity contribution in [3.63, 3.8) is 0 Å². The molecule has 2 N–H and O–H groups in total. The van der Waals surface area contributed by atoms with Gasteiger partial charge in [0.05, 0.1) is 0 Å². The molecule has 0 saturated heterocycles. The fraction of sp³-hybridized carbons (Fsp3) is 0.455. The Morgan fingerprint density at radius 2 is 1.60 bits per heavy atom. The van der Waals surface area contributed by atoms with Crippen LogP contribution in [0.5, 0.6) is 17.2 Å². The van der Waals surface area contributed by atoms with E-state index in [1.165, 1.54) is 0 Å². The van der Waals surface area contributed by atoms with Gasteiger partial charge in [-0.3, -0.25) is 0 Å². The zero-order valence-corrected chi connectivity index (χ0v) is 15.1. The molecule has 0 aromatic heterocycles. The van der Waals surface area contributed by atoms with E-state index in [1.807, 2.05) is 24.3 Å². The molecule has 0 radical (unpaired) electrons. The number of ether oxygens (including phenoxy) is 1. The molecule has 3 nitrogen and oxygen atoms in total. The third kappa shape index (κ3) is 2.86. The summed E-state index contributed by atoms with van der Waals surface area (Å²) in [7, 11) is 0. The van der Waals surface area contributed by atoms with Crippen molar-refractivity contribution in [3.05, 3.63) is 53.6 Å². The standard InChI is InChI=1S/C22H26O3/c1-22(2,3)14-10-17-18-12-16(24)8-9-20(18)25-21(19(17)11-14)13-4-6-15(23)7-5-13/h4-9,12,14,17,19,21,23-24H,10-11H2,1-3H3/t14-,17-,19?,21-/m0/s1. The molecular weight excluding hydrogens is 312 g/mol. The SMILES string of the molecule is CC(C)(C)[C@@H]1CC2[C@@H](C1)c1cc(O)ccc1O[C@H]2c1ccc(O)cc1. The monoisotopic (exact) mass is 338 g/mol. The summed E-state index contributed by atoms with van der Waals surface area (Å²) in [5.74, 6) is 2.89. The summed E-state index contributed by atoms with van der Waals surface area (Å²) in [6.07, 6.45) is 2.24. The van der Waals surface area contributed by atoms with Gasteiger partial charge in [-0.25, -0.2) is 0 Å². The second-order valence-electron chi connectivity index (χ2n) is 8.66. The van der Waals surface area contributed by atoms with E-state index in [-0.39, 0.29) is 17.3 Å². The van der Waals surface area contributed by atoms with Crippen LogP contribution in [-0.4, -0.2) is 10.2 Å². The third-order valence-corrected chi connectivity index (χ3v) is 6.09. The van der Waals surface area contributed by atoms with Crippen LogP contribution in [0, 0.1) is 17.3 Å². The molecule has 1 aliphatic carbocycles. The summed E-state index contributed by atoms with van der Waals surface area (Å²) in [5.41, 5.74) is 2.52. The van der Waals surface area contributed by atoms with Crippen molar-refractivity contribution >= 4 is 0 Å². The molecule has 1 unspecified atom stereocenters. The number of fused-ring (bicyclic) bond motifs is 3. The zero-order chi connectivity index (χ0) is 17.8. The van der Waals surface area contributed by atoms with Crippen molar-refractivity contribution in [2.24, 2.45) is 17.3 Å². The minimum absolute atomic E-state index is 0.00464. The Bertz CT molecular complexity index is 773. The van der Waals surface area contributed by atoms with E-state index < -0.39 is 0 Å². The Labute approximate surface area is 149 Å². The number of benzene rings is 2. The smallest absolute Gasteiger partial charge is 0.127 e. The lowest BCUT2D eigenvalue weighted by molar-refractivity contribution is 0.0994. The van der Waals surface area contributed by atoms with Gasteiger partial charge in [0.2, 0.25) is 0 Å². The topological polar surface area (TPSA) is 49.7 Å². The summed E-state index contributed by atoms with van der Waals surface area (Å²) in [4.78, 5) is 0. The van der Waals surface area contributed by atoms with Crippen LogP contribution in [0.2, 0.25) is 0 Å². The Balaban J connectivity index is 1.77. The molecule has 2 aromatic carbocycles. The minimum atomic E-state index is -0.00464. The molecule has 4 atom stereocenters. The van der Waals surface area contributed by atoms with Gasteiger partial charge >= 0.3 is 0 Å². The highest BCUT2D eigenvalue weighted by Gasteiger charge is 2.48. The number of phenols is 2. The Kier molecular flexibility index (Phi) is 3.71. The van der Waals surface area contributed by atoms with Crippen molar-refractivity contribution in [1.82, 2.24) is 0 Å².